The van der Waals surface area contributed by atoms with Crippen molar-refractivity contribution in [3.63, 3.8) is 0 Å². The van der Waals surface area contributed by atoms with Gasteiger partial charge in [0.25, 0.3) is 0 Å². The molecule has 0 amide bonds. The third-order valence-corrected chi connectivity index (χ3v) is 0. The molecule has 0 aliphatic carbocycles. The first kappa shape index (κ1) is 13.6. The van der Waals surface area contributed by atoms with Crippen molar-refractivity contribution < 1.29 is 36.9 Å². The zero-order valence-electron chi connectivity index (χ0n) is 2.51. The summed E-state index contributed by atoms with van der Waals surface area (Å²) in [5, 5.41) is 0. The molecule has 0 fully saturated rings. The summed E-state index contributed by atoms with van der Waals surface area (Å²) in [5.41, 5.74) is 0. The van der Waals surface area contributed by atoms with E-state index in [-0.39, 0.29) is 36.9 Å². The number of rotatable bonds is 0. The van der Waals surface area contributed by atoms with Crippen LogP contribution in [-0.4, -0.2) is 0 Å². The number of hydrogen-bond donors (Lipinski definition) is 0. The molecule has 0 saturated heterocycles. The van der Waals surface area contributed by atoms with Gasteiger partial charge in [-0.3, -0.25) is 0 Å². The molecular formula is I4U2. The topological polar surface area (TPSA) is 0 Å². The molecule has 36 valence electrons. The van der Waals surface area contributed by atoms with E-state index in [9.17, 15) is 0 Å². The van der Waals surface area contributed by atoms with Gasteiger partial charge in [0, 0.05) is 0 Å². The summed E-state index contributed by atoms with van der Waals surface area (Å²) in [4.78, 5) is 0. The summed E-state index contributed by atoms with van der Waals surface area (Å²) in [7, 11) is 0. The summed E-state index contributed by atoms with van der Waals surface area (Å²) in [6.45, 7) is 0. The van der Waals surface area contributed by atoms with E-state index in [4.69, 9.17) is 0 Å². The molecule has 0 N–H and O–H groups in total. The minimum absolute atomic E-state index is 0.0651. The van der Waals surface area contributed by atoms with Gasteiger partial charge < -0.3 is 0 Å². The van der Waals surface area contributed by atoms with Crippen LogP contribution >= 0.6 is 67.1 Å². The summed E-state index contributed by atoms with van der Waals surface area (Å²) in [6, 6.07) is 0. The SMILES string of the molecule is [I][U][I].[I][U][I]. The predicted molar refractivity (Wildman–Crippen MR) is 56.1 cm³/mol. The maximum absolute atomic E-state index is 2.48. The van der Waals surface area contributed by atoms with Crippen molar-refractivity contribution in [3.8, 4) is 0 Å². The van der Waals surface area contributed by atoms with Crippen LogP contribution in [0.4, 0.5) is 0 Å². The monoisotopic (exact) mass is 984 g/mol. The van der Waals surface area contributed by atoms with Gasteiger partial charge in [-0.1, -0.05) is 0 Å². The van der Waals surface area contributed by atoms with E-state index in [0.29, 0.717) is 0 Å². The van der Waals surface area contributed by atoms with E-state index >= 15 is 0 Å². The van der Waals surface area contributed by atoms with Crippen LogP contribution in [0.1, 0.15) is 0 Å². The molecule has 0 atom stereocenters. The van der Waals surface area contributed by atoms with Crippen molar-refractivity contribution in [1.82, 2.24) is 0 Å². The second-order valence-corrected chi connectivity index (χ2v) is 60.0. The van der Waals surface area contributed by atoms with Gasteiger partial charge in [-0.25, -0.2) is 0 Å². The van der Waals surface area contributed by atoms with Crippen LogP contribution in [0.5, 0.6) is 0 Å². The zero-order valence-corrected chi connectivity index (χ0v) is 19.5. The average molecular weight is 984 g/mol. The van der Waals surface area contributed by atoms with E-state index in [2.05, 4.69) is 67.1 Å². The second kappa shape index (κ2) is 16.5. The molecule has 0 aliphatic rings. The molecule has 0 aromatic rings. The van der Waals surface area contributed by atoms with Crippen molar-refractivity contribution in [2.45, 2.75) is 0 Å². The van der Waals surface area contributed by atoms with Crippen LogP contribution in [0, 0.1) is 36.9 Å². The first-order valence-electron chi connectivity index (χ1n) is 0.756. The Balaban J connectivity index is 0. The van der Waals surface area contributed by atoms with Gasteiger partial charge in [-0.05, 0) is 0 Å². The summed E-state index contributed by atoms with van der Waals surface area (Å²) in [5.74, 6) is 0. The minimum atomic E-state index is -0.0651. The molecule has 0 heterocycles. The Kier molecular flexibility index (Phi) is 37.5. The molecule has 0 saturated carbocycles. The van der Waals surface area contributed by atoms with Gasteiger partial charge >= 0.3 is 104 Å². The number of hydrogen-bond acceptors (Lipinski definition) is 0. The van der Waals surface area contributed by atoms with Crippen LogP contribution in [0.3, 0.4) is 0 Å². The summed E-state index contributed by atoms with van der Waals surface area (Å²) < 4.78 is 0. The average Bonchev–Trinajstić information content (AvgIpc) is 1.39. The van der Waals surface area contributed by atoms with Gasteiger partial charge in [0.15, 0.2) is 0 Å². The fraction of sp³-hybridized carbons (Fsp3) is 0. The molecule has 0 radical (unpaired) electrons. The van der Waals surface area contributed by atoms with Crippen molar-refractivity contribution in [3.05, 3.63) is 0 Å². The molecule has 0 aliphatic heterocycles. The third kappa shape index (κ3) is 23.0. The van der Waals surface area contributed by atoms with Crippen LogP contribution in [0.2, 0.25) is 0 Å². The Bertz CT molecular complexity index is 7.51. The molecule has 0 aromatic heterocycles. The summed E-state index contributed by atoms with van der Waals surface area (Å²) >= 11 is 9.81. The van der Waals surface area contributed by atoms with E-state index in [1.807, 2.05) is 0 Å². The zero-order chi connectivity index (χ0) is 5.41. The first-order chi connectivity index (χ1) is 2.83. The van der Waals surface area contributed by atoms with Crippen molar-refractivity contribution in [1.29, 1.82) is 0 Å². The Hall–Kier alpha value is 5.02. The first-order valence-corrected chi connectivity index (χ1v) is 47.3. The molecule has 0 rings (SSSR count). The van der Waals surface area contributed by atoms with E-state index in [1.54, 1.807) is 0 Å². The Morgan fingerprint density at radius 3 is 0.667 bits per heavy atom. The van der Waals surface area contributed by atoms with Crippen LogP contribution in [0.25, 0.3) is 0 Å². The van der Waals surface area contributed by atoms with E-state index < -0.39 is 0 Å². The fourth-order valence-electron chi connectivity index (χ4n) is 0. The third-order valence-electron chi connectivity index (χ3n) is 0. The predicted octanol–water partition coefficient (Wildman–Crippen LogP) is 3.54. The van der Waals surface area contributed by atoms with Gasteiger partial charge in [0.2, 0.25) is 0 Å². The Morgan fingerprint density at radius 2 is 0.667 bits per heavy atom. The van der Waals surface area contributed by atoms with Crippen molar-refractivity contribution >= 4 is 67.1 Å². The van der Waals surface area contributed by atoms with Gasteiger partial charge in [0.1, 0.15) is 0 Å². The van der Waals surface area contributed by atoms with E-state index in [1.165, 1.54) is 0 Å². The van der Waals surface area contributed by atoms with Crippen molar-refractivity contribution in [2.75, 3.05) is 0 Å². The fourth-order valence-corrected chi connectivity index (χ4v) is 0. The molecule has 0 nitrogen and oxygen atoms in total. The maximum atomic E-state index is 2.48. The van der Waals surface area contributed by atoms with Gasteiger partial charge in [0.05, 0.1) is 0 Å². The number of halogens is 4. The Morgan fingerprint density at radius 1 is 0.667 bits per heavy atom. The quantitative estimate of drug-likeness (QED) is 0.327. The molecule has 0 spiro atoms. The second-order valence-electron chi connectivity index (χ2n) is 0.143. The standard InChI is InChI=1S/4HI.2U/h4*1H;;/q;;;;2*+2/p-4. The molecule has 0 bridgehead atoms. The molecular weight excluding hydrogens is 984 g/mol. The molecule has 6 heavy (non-hydrogen) atoms. The van der Waals surface area contributed by atoms with Gasteiger partial charge in [-0.2, -0.15) is 0 Å². The van der Waals surface area contributed by atoms with Crippen LogP contribution in [-0.2, 0) is 0 Å². The van der Waals surface area contributed by atoms with E-state index in [0.717, 1.165) is 0 Å². The van der Waals surface area contributed by atoms with Gasteiger partial charge in [-0.15, -0.1) is 0 Å². The molecule has 0 aromatic carbocycles. The molecule has 6 heteroatoms. The Labute approximate surface area is 99.5 Å². The normalized spacial score (nSPS) is 3.33. The summed E-state index contributed by atoms with van der Waals surface area (Å²) in [6.07, 6.45) is 0. The van der Waals surface area contributed by atoms with Crippen LogP contribution in [0.15, 0.2) is 0 Å². The van der Waals surface area contributed by atoms with Crippen LogP contribution < -0.4 is 0 Å². The van der Waals surface area contributed by atoms with Crippen molar-refractivity contribution in [2.24, 2.45) is 0 Å². The molecule has 0 unspecified atom stereocenters.